The summed E-state index contributed by atoms with van der Waals surface area (Å²) in [6.45, 7) is 3.67. The molecule has 38 heavy (non-hydrogen) atoms. The number of hydrogen-bond donors (Lipinski definition) is 7. The summed E-state index contributed by atoms with van der Waals surface area (Å²) in [6.07, 6.45) is 0.361. The van der Waals surface area contributed by atoms with Crippen LogP contribution in [0.2, 0.25) is 0 Å². The fourth-order valence-electron chi connectivity index (χ4n) is 3.74. The minimum atomic E-state index is -1.18. The second-order valence-electron chi connectivity index (χ2n) is 9.50. The smallest absolute Gasteiger partial charge is 0.326 e. The molecule has 4 atom stereocenters. The number of carboxylic acid groups (broad SMARTS) is 1. The Bertz CT molecular complexity index is 1080. The van der Waals surface area contributed by atoms with Gasteiger partial charge in [0.15, 0.2) is 0 Å². The predicted molar refractivity (Wildman–Crippen MR) is 147 cm³/mol. The Morgan fingerprint density at radius 1 is 0.789 bits per heavy atom. The SMILES string of the molecule is CC(C)CC(NC(=O)C(Cc1ccc(O)cc1)NC(=O)C(Cc1ccccc1)NC(=O)C(N)CS)C(=O)O. The number of phenols is 1. The molecule has 0 heterocycles. The lowest BCUT2D eigenvalue weighted by Gasteiger charge is -2.26. The predicted octanol–water partition coefficient (Wildman–Crippen LogP) is 1.02. The van der Waals surface area contributed by atoms with Gasteiger partial charge in [0.25, 0.3) is 0 Å². The summed E-state index contributed by atoms with van der Waals surface area (Å²) in [4.78, 5) is 50.9. The minimum absolute atomic E-state index is 0.00282. The average molecular weight is 545 g/mol. The number of aliphatic carboxylic acids is 1. The average Bonchev–Trinajstić information content (AvgIpc) is 2.88. The van der Waals surface area contributed by atoms with Crippen molar-refractivity contribution >= 4 is 36.3 Å². The van der Waals surface area contributed by atoms with Crippen molar-refractivity contribution in [2.75, 3.05) is 5.75 Å². The van der Waals surface area contributed by atoms with E-state index in [1.54, 1.807) is 36.4 Å². The zero-order valence-corrected chi connectivity index (χ0v) is 22.4. The van der Waals surface area contributed by atoms with Gasteiger partial charge >= 0.3 is 5.97 Å². The Labute approximate surface area is 227 Å². The Hall–Kier alpha value is -3.57. The Kier molecular flexibility index (Phi) is 12.1. The van der Waals surface area contributed by atoms with Crippen LogP contribution in [-0.4, -0.2) is 63.8 Å². The Morgan fingerprint density at radius 3 is 1.74 bits per heavy atom. The molecule has 0 saturated carbocycles. The van der Waals surface area contributed by atoms with Gasteiger partial charge in [-0.1, -0.05) is 56.3 Å². The first-order chi connectivity index (χ1) is 18.0. The van der Waals surface area contributed by atoms with Crippen molar-refractivity contribution in [3.8, 4) is 5.75 Å². The minimum Gasteiger partial charge on any atom is -0.508 e. The number of carboxylic acids is 1. The van der Waals surface area contributed by atoms with E-state index in [-0.39, 0.29) is 36.7 Å². The van der Waals surface area contributed by atoms with Crippen molar-refractivity contribution in [2.45, 2.75) is 57.3 Å². The molecule has 0 saturated heterocycles. The van der Waals surface area contributed by atoms with Crippen LogP contribution < -0.4 is 21.7 Å². The lowest BCUT2D eigenvalue weighted by Crippen LogP contribution is -2.58. The molecule has 2 aromatic carbocycles. The molecule has 206 valence electrons. The zero-order valence-electron chi connectivity index (χ0n) is 21.5. The summed E-state index contributed by atoms with van der Waals surface area (Å²) in [5.41, 5.74) is 7.18. The normalized spacial score (nSPS) is 14.1. The van der Waals surface area contributed by atoms with E-state index in [9.17, 15) is 29.4 Å². The molecule has 0 spiro atoms. The molecule has 2 aromatic rings. The van der Waals surface area contributed by atoms with Crippen LogP contribution in [0.3, 0.4) is 0 Å². The number of hydrogen-bond acceptors (Lipinski definition) is 7. The summed E-state index contributed by atoms with van der Waals surface area (Å²) in [6, 6.07) is 10.8. The van der Waals surface area contributed by atoms with Crippen molar-refractivity contribution in [3.05, 3.63) is 65.7 Å². The summed E-state index contributed by atoms with van der Waals surface area (Å²) >= 11 is 4.04. The quantitative estimate of drug-likeness (QED) is 0.174. The van der Waals surface area contributed by atoms with E-state index in [2.05, 4.69) is 28.6 Å². The number of amides is 3. The van der Waals surface area contributed by atoms with Gasteiger partial charge in [-0.2, -0.15) is 12.6 Å². The molecule has 0 fully saturated rings. The van der Waals surface area contributed by atoms with Gasteiger partial charge in [-0.05, 0) is 35.6 Å². The van der Waals surface area contributed by atoms with E-state index in [1.165, 1.54) is 12.1 Å². The maximum absolute atomic E-state index is 13.4. The number of benzene rings is 2. The van der Waals surface area contributed by atoms with E-state index in [4.69, 9.17) is 5.73 Å². The third-order valence-electron chi connectivity index (χ3n) is 5.78. The molecule has 0 aliphatic carbocycles. The number of rotatable bonds is 14. The number of nitrogens with two attached hydrogens (primary N) is 1. The number of nitrogens with one attached hydrogen (secondary N) is 3. The lowest BCUT2D eigenvalue weighted by atomic mass is 10.0. The molecule has 0 aliphatic rings. The van der Waals surface area contributed by atoms with Gasteiger partial charge in [0.05, 0.1) is 6.04 Å². The van der Waals surface area contributed by atoms with E-state index >= 15 is 0 Å². The van der Waals surface area contributed by atoms with Gasteiger partial charge in [-0.15, -0.1) is 0 Å². The largest absolute Gasteiger partial charge is 0.508 e. The molecule has 7 N–H and O–H groups in total. The highest BCUT2D eigenvalue weighted by Crippen LogP contribution is 2.13. The molecule has 4 unspecified atom stereocenters. The van der Waals surface area contributed by atoms with Crippen LogP contribution in [-0.2, 0) is 32.0 Å². The molecule has 11 heteroatoms. The summed E-state index contributed by atoms with van der Waals surface area (Å²) < 4.78 is 0. The van der Waals surface area contributed by atoms with Crippen LogP contribution >= 0.6 is 12.6 Å². The second-order valence-corrected chi connectivity index (χ2v) is 9.87. The third kappa shape index (κ3) is 10.1. The second kappa shape index (κ2) is 15.0. The first kappa shape index (κ1) is 30.7. The Morgan fingerprint density at radius 2 is 1.26 bits per heavy atom. The van der Waals surface area contributed by atoms with Crippen LogP contribution in [0.1, 0.15) is 31.4 Å². The van der Waals surface area contributed by atoms with E-state index in [1.807, 2.05) is 19.9 Å². The highest BCUT2D eigenvalue weighted by Gasteiger charge is 2.31. The van der Waals surface area contributed by atoms with E-state index in [0.717, 1.165) is 5.56 Å². The van der Waals surface area contributed by atoms with Gasteiger partial charge in [0.2, 0.25) is 17.7 Å². The number of carbonyl (C=O) groups is 4. The van der Waals surface area contributed by atoms with Crippen LogP contribution in [0.15, 0.2) is 54.6 Å². The first-order valence-corrected chi connectivity index (χ1v) is 13.0. The van der Waals surface area contributed by atoms with Gasteiger partial charge in [-0.25, -0.2) is 4.79 Å². The zero-order chi connectivity index (χ0) is 28.2. The highest BCUT2D eigenvalue weighted by atomic mass is 32.1. The lowest BCUT2D eigenvalue weighted by molar-refractivity contribution is -0.142. The van der Waals surface area contributed by atoms with Crippen molar-refractivity contribution in [1.82, 2.24) is 16.0 Å². The molecule has 0 aliphatic heterocycles. The fourth-order valence-corrected chi connectivity index (χ4v) is 3.90. The standard InChI is InChI=1S/C27H36N4O6S/c1-16(2)12-23(27(36)37)31-26(35)22(14-18-8-10-19(32)11-9-18)30-25(34)21(29-24(33)20(28)15-38)13-17-6-4-3-5-7-17/h3-11,16,20-23,32,38H,12-15,28H2,1-2H3,(H,29,33)(H,30,34)(H,31,35)(H,36,37). The topological polar surface area (TPSA) is 171 Å². The first-order valence-electron chi connectivity index (χ1n) is 12.3. The van der Waals surface area contributed by atoms with Crippen molar-refractivity contribution in [1.29, 1.82) is 0 Å². The Balaban J connectivity index is 2.31. The highest BCUT2D eigenvalue weighted by molar-refractivity contribution is 7.80. The molecule has 0 radical (unpaired) electrons. The van der Waals surface area contributed by atoms with Crippen molar-refractivity contribution < 1.29 is 29.4 Å². The van der Waals surface area contributed by atoms with Gasteiger partial charge in [-0.3, -0.25) is 14.4 Å². The summed E-state index contributed by atoms with van der Waals surface area (Å²) in [7, 11) is 0. The molecular formula is C27H36N4O6S. The van der Waals surface area contributed by atoms with Crippen LogP contribution in [0.4, 0.5) is 0 Å². The third-order valence-corrected chi connectivity index (χ3v) is 6.17. The molecular weight excluding hydrogens is 508 g/mol. The van der Waals surface area contributed by atoms with Crippen LogP contribution in [0.25, 0.3) is 0 Å². The monoisotopic (exact) mass is 544 g/mol. The molecule has 3 amide bonds. The fraction of sp³-hybridized carbons (Fsp3) is 0.407. The molecule has 0 bridgehead atoms. The van der Waals surface area contributed by atoms with E-state index in [0.29, 0.717) is 5.56 Å². The van der Waals surface area contributed by atoms with Gasteiger partial charge < -0.3 is 31.9 Å². The maximum atomic E-state index is 13.4. The summed E-state index contributed by atoms with van der Waals surface area (Å²) in [5, 5.41) is 27.0. The van der Waals surface area contributed by atoms with Gasteiger partial charge in [0.1, 0.15) is 23.9 Å². The van der Waals surface area contributed by atoms with Crippen LogP contribution in [0, 0.1) is 5.92 Å². The molecule has 2 rings (SSSR count). The van der Waals surface area contributed by atoms with E-state index < -0.39 is 47.9 Å². The number of phenolic OH excluding ortho intramolecular Hbond substituents is 1. The van der Waals surface area contributed by atoms with Crippen LogP contribution in [0.5, 0.6) is 5.75 Å². The molecule has 10 nitrogen and oxygen atoms in total. The van der Waals surface area contributed by atoms with Crippen molar-refractivity contribution in [3.63, 3.8) is 0 Å². The number of carbonyl (C=O) groups excluding carboxylic acids is 3. The van der Waals surface area contributed by atoms with Crippen molar-refractivity contribution in [2.24, 2.45) is 11.7 Å². The molecule has 0 aromatic heterocycles. The maximum Gasteiger partial charge on any atom is 0.326 e. The summed E-state index contributed by atoms with van der Waals surface area (Å²) in [5.74, 6) is -2.96. The van der Waals surface area contributed by atoms with Gasteiger partial charge in [0, 0.05) is 18.6 Å². The number of thiol groups is 1. The number of aromatic hydroxyl groups is 1.